The molecule has 0 radical (unpaired) electrons. The van der Waals surface area contributed by atoms with Crippen LogP contribution in [0, 0.1) is 0 Å². The minimum absolute atomic E-state index is 0.0808. The summed E-state index contributed by atoms with van der Waals surface area (Å²) in [6.45, 7) is 0.895. The molecule has 1 amide bonds. The Morgan fingerprint density at radius 2 is 2.40 bits per heavy atom. The van der Waals surface area contributed by atoms with Crippen LogP contribution in [0.2, 0.25) is 0 Å². The molecule has 6 heteroatoms. The number of carbonyl (C=O) groups is 1. The van der Waals surface area contributed by atoms with Gasteiger partial charge in [0.05, 0.1) is 18.4 Å². The number of rotatable bonds is 2. The molecule has 0 aromatic carbocycles. The highest BCUT2D eigenvalue weighted by Crippen LogP contribution is 2.08. The van der Waals surface area contributed by atoms with Crippen LogP contribution in [0.25, 0.3) is 0 Å². The molecule has 0 aliphatic carbocycles. The average Bonchev–Trinajstić information content (AvgIpc) is 2.31. The van der Waals surface area contributed by atoms with E-state index in [4.69, 9.17) is 0 Å². The lowest BCUT2D eigenvalue weighted by molar-refractivity contribution is -0.118. The molecule has 1 aromatic rings. The Hall–Kier alpha value is -1.56. The quantitative estimate of drug-likeness (QED) is 0.711. The molecule has 1 aromatic heterocycles. The lowest BCUT2D eigenvalue weighted by Crippen LogP contribution is -2.43. The maximum atomic E-state index is 11.7. The third-order valence-corrected chi connectivity index (χ3v) is 2.34. The van der Waals surface area contributed by atoms with E-state index in [1.807, 2.05) is 0 Å². The van der Waals surface area contributed by atoms with Crippen LogP contribution in [0.3, 0.4) is 0 Å². The van der Waals surface area contributed by atoms with Gasteiger partial charge in [-0.2, -0.15) is 5.10 Å². The summed E-state index contributed by atoms with van der Waals surface area (Å²) in [6.07, 6.45) is 6.05. The highest BCUT2D eigenvalue weighted by atomic mass is 16.2. The monoisotopic (exact) mass is 207 g/mol. The maximum absolute atomic E-state index is 11.7. The van der Waals surface area contributed by atoms with Gasteiger partial charge in [0.2, 0.25) is 11.9 Å². The first-order chi connectivity index (χ1) is 7.36. The number of hydrogen-bond acceptors (Lipinski definition) is 5. The number of piperidine rings is 1. The van der Waals surface area contributed by atoms with Crippen molar-refractivity contribution in [2.45, 2.75) is 25.3 Å². The molecule has 1 atom stereocenters. The van der Waals surface area contributed by atoms with Crippen molar-refractivity contribution >= 4 is 11.9 Å². The van der Waals surface area contributed by atoms with Crippen LogP contribution in [0.5, 0.6) is 0 Å². The summed E-state index contributed by atoms with van der Waals surface area (Å²) in [5.41, 5.74) is 0. The molecule has 80 valence electrons. The van der Waals surface area contributed by atoms with Crippen molar-refractivity contribution in [3.8, 4) is 0 Å². The van der Waals surface area contributed by atoms with Gasteiger partial charge in [0.15, 0.2) is 0 Å². The Balaban J connectivity index is 1.91. The number of nitrogens with one attached hydrogen (secondary N) is 2. The fourth-order valence-electron chi connectivity index (χ4n) is 1.58. The summed E-state index contributed by atoms with van der Waals surface area (Å²) in [5, 5.41) is 13.1. The van der Waals surface area contributed by atoms with E-state index in [2.05, 4.69) is 25.8 Å². The SMILES string of the molecule is O=C(Nc1nccnn1)[C@@H]1CCCCN1. The molecule has 0 unspecified atom stereocenters. The highest BCUT2D eigenvalue weighted by molar-refractivity contribution is 5.93. The van der Waals surface area contributed by atoms with Crippen molar-refractivity contribution in [1.29, 1.82) is 0 Å². The Morgan fingerprint density at radius 1 is 1.47 bits per heavy atom. The van der Waals surface area contributed by atoms with Gasteiger partial charge in [0, 0.05) is 0 Å². The van der Waals surface area contributed by atoms with Gasteiger partial charge in [0.1, 0.15) is 0 Å². The zero-order valence-corrected chi connectivity index (χ0v) is 8.31. The summed E-state index contributed by atoms with van der Waals surface area (Å²) >= 11 is 0. The second-order valence-corrected chi connectivity index (χ2v) is 3.46. The van der Waals surface area contributed by atoms with E-state index in [9.17, 15) is 4.79 Å². The molecule has 2 N–H and O–H groups in total. The molecule has 2 rings (SSSR count). The number of hydrogen-bond donors (Lipinski definition) is 2. The van der Waals surface area contributed by atoms with E-state index in [1.165, 1.54) is 12.4 Å². The number of amides is 1. The first-order valence-electron chi connectivity index (χ1n) is 5.04. The summed E-state index contributed by atoms with van der Waals surface area (Å²) in [7, 11) is 0. The largest absolute Gasteiger partial charge is 0.306 e. The van der Waals surface area contributed by atoms with Gasteiger partial charge in [0.25, 0.3) is 0 Å². The Labute approximate surface area is 87.5 Å². The fourth-order valence-corrected chi connectivity index (χ4v) is 1.58. The molecule has 1 aliphatic rings. The molecule has 1 fully saturated rings. The van der Waals surface area contributed by atoms with Gasteiger partial charge in [-0.1, -0.05) is 6.42 Å². The van der Waals surface area contributed by atoms with Gasteiger partial charge in [-0.15, -0.1) is 5.10 Å². The molecule has 0 spiro atoms. The molecule has 6 nitrogen and oxygen atoms in total. The van der Waals surface area contributed by atoms with Crippen LogP contribution in [-0.4, -0.2) is 33.7 Å². The van der Waals surface area contributed by atoms with E-state index >= 15 is 0 Å². The van der Waals surface area contributed by atoms with Crippen molar-refractivity contribution in [1.82, 2.24) is 20.5 Å². The smallest absolute Gasteiger partial charge is 0.249 e. The van der Waals surface area contributed by atoms with Gasteiger partial charge < -0.3 is 5.32 Å². The molecule has 0 bridgehead atoms. The summed E-state index contributed by atoms with van der Waals surface area (Å²) in [6, 6.07) is -0.123. The standard InChI is InChI=1S/C9H13N5O/c15-8(7-3-1-2-4-10-7)13-9-11-5-6-12-14-9/h5-7,10H,1-4H2,(H,11,13,14,15)/t7-/m0/s1. The molecular formula is C9H13N5O. The minimum atomic E-state index is -0.123. The van der Waals surface area contributed by atoms with E-state index in [0.29, 0.717) is 0 Å². The lowest BCUT2D eigenvalue weighted by Gasteiger charge is -2.21. The van der Waals surface area contributed by atoms with Crippen LogP contribution in [0.1, 0.15) is 19.3 Å². The fraction of sp³-hybridized carbons (Fsp3) is 0.556. The van der Waals surface area contributed by atoms with Crippen molar-refractivity contribution in [2.24, 2.45) is 0 Å². The Kier molecular flexibility index (Phi) is 3.18. The zero-order valence-electron chi connectivity index (χ0n) is 8.31. The normalized spacial score (nSPS) is 20.9. The molecule has 2 heterocycles. The topological polar surface area (TPSA) is 79.8 Å². The molecule has 0 saturated carbocycles. The number of carbonyl (C=O) groups excluding carboxylic acids is 1. The minimum Gasteiger partial charge on any atom is -0.306 e. The van der Waals surface area contributed by atoms with Crippen molar-refractivity contribution in [3.63, 3.8) is 0 Å². The van der Waals surface area contributed by atoms with Crippen LogP contribution in [-0.2, 0) is 4.79 Å². The van der Waals surface area contributed by atoms with E-state index in [-0.39, 0.29) is 17.9 Å². The van der Waals surface area contributed by atoms with E-state index in [1.54, 1.807) is 0 Å². The lowest BCUT2D eigenvalue weighted by atomic mass is 10.0. The van der Waals surface area contributed by atoms with Crippen LogP contribution < -0.4 is 10.6 Å². The third kappa shape index (κ3) is 2.69. The second-order valence-electron chi connectivity index (χ2n) is 3.46. The molecular weight excluding hydrogens is 194 g/mol. The Bertz CT molecular complexity index is 323. The number of nitrogens with zero attached hydrogens (tertiary/aromatic N) is 3. The molecule has 1 saturated heterocycles. The number of anilines is 1. The van der Waals surface area contributed by atoms with Gasteiger partial charge >= 0.3 is 0 Å². The molecule has 15 heavy (non-hydrogen) atoms. The first kappa shape index (κ1) is 9.97. The predicted molar refractivity (Wildman–Crippen MR) is 54.1 cm³/mol. The van der Waals surface area contributed by atoms with Crippen molar-refractivity contribution in [3.05, 3.63) is 12.4 Å². The van der Waals surface area contributed by atoms with Crippen molar-refractivity contribution < 1.29 is 4.79 Å². The number of aromatic nitrogens is 3. The van der Waals surface area contributed by atoms with Gasteiger partial charge in [-0.25, -0.2) is 4.98 Å². The van der Waals surface area contributed by atoms with Crippen LogP contribution in [0.4, 0.5) is 5.95 Å². The zero-order chi connectivity index (χ0) is 10.5. The van der Waals surface area contributed by atoms with E-state index < -0.39 is 0 Å². The first-order valence-corrected chi connectivity index (χ1v) is 5.04. The molecule has 1 aliphatic heterocycles. The maximum Gasteiger partial charge on any atom is 0.249 e. The van der Waals surface area contributed by atoms with E-state index in [0.717, 1.165) is 25.8 Å². The highest BCUT2D eigenvalue weighted by Gasteiger charge is 2.20. The second kappa shape index (κ2) is 4.79. The van der Waals surface area contributed by atoms with Crippen molar-refractivity contribution in [2.75, 3.05) is 11.9 Å². The third-order valence-electron chi connectivity index (χ3n) is 2.34. The van der Waals surface area contributed by atoms with Crippen LogP contribution in [0.15, 0.2) is 12.4 Å². The van der Waals surface area contributed by atoms with Crippen LogP contribution >= 0.6 is 0 Å². The summed E-state index contributed by atoms with van der Waals surface area (Å²) in [4.78, 5) is 15.6. The summed E-state index contributed by atoms with van der Waals surface area (Å²) < 4.78 is 0. The predicted octanol–water partition coefficient (Wildman–Crippen LogP) is -0.0478. The van der Waals surface area contributed by atoms with Gasteiger partial charge in [-0.05, 0) is 19.4 Å². The Morgan fingerprint density at radius 3 is 3.07 bits per heavy atom. The van der Waals surface area contributed by atoms with Gasteiger partial charge in [-0.3, -0.25) is 10.1 Å². The summed E-state index contributed by atoms with van der Waals surface area (Å²) in [5.74, 6) is 0.178. The average molecular weight is 207 g/mol.